The number of amides is 1. The standard InChI is InChI=1S/C18H13N3O2S/c1-11-14(20-16(22)13-7-8-24-10-13)9-15-18(19-11)23-17(21-15)12-5-3-2-4-6-12/h2-10H,1H3,(H,20,22). The van der Waals surface area contributed by atoms with Crippen LogP contribution in [0.15, 0.2) is 57.6 Å². The Morgan fingerprint density at radius 2 is 2.00 bits per heavy atom. The van der Waals surface area contributed by atoms with E-state index in [-0.39, 0.29) is 5.91 Å². The van der Waals surface area contributed by atoms with Crippen LogP contribution in [-0.2, 0) is 0 Å². The molecule has 0 aliphatic rings. The number of carbonyl (C=O) groups is 1. The van der Waals surface area contributed by atoms with Gasteiger partial charge in [0.25, 0.3) is 5.91 Å². The Morgan fingerprint density at radius 3 is 2.75 bits per heavy atom. The maximum Gasteiger partial charge on any atom is 0.256 e. The molecule has 0 aliphatic heterocycles. The largest absolute Gasteiger partial charge is 0.418 e. The number of hydrogen-bond acceptors (Lipinski definition) is 5. The summed E-state index contributed by atoms with van der Waals surface area (Å²) in [5.74, 6) is 0.353. The highest BCUT2D eigenvalue weighted by molar-refractivity contribution is 7.08. The lowest BCUT2D eigenvalue weighted by Crippen LogP contribution is -2.12. The van der Waals surface area contributed by atoms with Crippen molar-refractivity contribution in [3.05, 3.63) is 64.5 Å². The molecule has 4 aromatic rings. The highest BCUT2D eigenvalue weighted by Crippen LogP contribution is 2.26. The lowest BCUT2D eigenvalue weighted by molar-refractivity contribution is 0.102. The number of pyridine rings is 1. The number of carbonyl (C=O) groups excluding carboxylic acids is 1. The summed E-state index contributed by atoms with van der Waals surface area (Å²) >= 11 is 1.48. The Morgan fingerprint density at radius 1 is 1.17 bits per heavy atom. The summed E-state index contributed by atoms with van der Waals surface area (Å²) in [4.78, 5) is 21.1. The van der Waals surface area contributed by atoms with Gasteiger partial charge in [-0.3, -0.25) is 4.79 Å². The van der Waals surface area contributed by atoms with Crippen molar-refractivity contribution in [2.45, 2.75) is 6.92 Å². The van der Waals surface area contributed by atoms with E-state index in [4.69, 9.17) is 4.42 Å². The number of oxazole rings is 1. The molecule has 24 heavy (non-hydrogen) atoms. The first kappa shape index (κ1) is 14.6. The van der Waals surface area contributed by atoms with Crippen molar-refractivity contribution in [3.63, 3.8) is 0 Å². The number of aryl methyl sites for hydroxylation is 1. The summed E-state index contributed by atoms with van der Waals surface area (Å²) in [7, 11) is 0. The first-order valence-electron chi connectivity index (χ1n) is 7.38. The van der Waals surface area contributed by atoms with Crippen LogP contribution in [0.25, 0.3) is 22.7 Å². The monoisotopic (exact) mass is 335 g/mol. The number of rotatable bonds is 3. The van der Waals surface area contributed by atoms with Gasteiger partial charge in [0.15, 0.2) is 0 Å². The van der Waals surface area contributed by atoms with Gasteiger partial charge in [-0.05, 0) is 36.6 Å². The normalized spacial score (nSPS) is 10.9. The van der Waals surface area contributed by atoms with Gasteiger partial charge in [0.05, 0.1) is 16.9 Å². The molecule has 0 spiro atoms. The van der Waals surface area contributed by atoms with Crippen LogP contribution in [-0.4, -0.2) is 15.9 Å². The minimum absolute atomic E-state index is 0.160. The maximum absolute atomic E-state index is 12.2. The van der Waals surface area contributed by atoms with Crippen molar-refractivity contribution >= 4 is 34.2 Å². The van der Waals surface area contributed by atoms with Crippen molar-refractivity contribution in [1.29, 1.82) is 0 Å². The predicted molar refractivity (Wildman–Crippen MR) is 94.2 cm³/mol. The Hall–Kier alpha value is -2.99. The minimum Gasteiger partial charge on any atom is -0.418 e. The van der Waals surface area contributed by atoms with Gasteiger partial charge in [-0.1, -0.05) is 18.2 Å². The highest BCUT2D eigenvalue weighted by atomic mass is 32.1. The average Bonchev–Trinajstić information content (AvgIpc) is 3.25. The number of thiophene rings is 1. The van der Waals surface area contributed by atoms with Gasteiger partial charge in [0, 0.05) is 10.9 Å². The van der Waals surface area contributed by atoms with Crippen LogP contribution in [0.5, 0.6) is 0 Å². The van der Waals surface area contributed by atoms with E-state index in [0.29, 0.717) is 34.1 Å². The van der Waals surface area contributed by atoms with Crippen molar-refractivity contribution < 1.29 is 9.21 Å². The lowest BCUT2D eigenvalue weighted by atomic mass is 10.2. The first-order chi connectivity index (χ1) is 11.7. The van der Waals surface area contributed by atoms with E-state index in [1.807, 2.05) is 42.6 Å². The van der Waals surface area contributed by atoms with Gasteiger partial charge in [0.1, 0.15) is 5.52 Å². The second-order valence-corrected chi connectivity index (χ2v) is 6.08. The summed E-state index contributed by atoms with van der Waals surface area (Å²) in [5, 5.41) is 6.55. The molecule has 5 nitrogen and oxygen atoms in total. The second kappa shape index (κ2) is 5.90. The molecule has 0 radical (unpaired) electrons. The van der Waals surface area contributed by atoms with E-state index in [1.54, 1.807) is 17.5 Å². The Labute approximate surface area is 142 Å². The molecule has 0 saturated carbocycles. The summed E-state index contributed by atoms with van der Waals surface area (Å²) in [5.41, 5.74) is 3.90. The fourth-order valence-electron chi connectivity index (χ4n) is 2.37. The van der Waals surface area contributed by atoms with Gasteiger partial charge in [-0.15, -0.1) is 0 Å². The molecule has 0 bridgehead atoms. The molecule has 118 valence electrons. The Kier molecular flexibility index (Phi) is 3.59. The summed E-state index contributed by atoms with van der Waals surface area (Å²) < 4.78 is 5.73. The smallest absolute Gasteiger partial charge is 0.256 e. The van der Waals surface area contributed by atoms with Gasteiger partial charge in [0.2, 0.25) is 11.6 Å². The third-order valence-electron chi connectivity index (χ3n) is 3.63. The quantitative estimate of drug-likeness (QED) is 0.598. The molecule has 3 aromatic heterocycles. The fraction of sp³-hybridized carbons (Fsp3) is 0.0556. The zero-order valence-corrected chi connectivity index (χ0v) is 13.6. The van der Waals surface area contributed by atoms with Crippen LogP contribution in [0, 0.1) is 6.92 Å². The third kappa shape index (κ3) is 2.68. The molecule has 0 unspecified atom stereocenters. The maximum atomic E-state index is 12.2. The number of nitrogens with zero attached hydrogens (tertiary/aromatic N) is 2. The van der Waals surface area contributed by atoms with Crippen molar-refractivity contribution in [1.82, 2.24) is 9.97 Å². The second-order valence-electron chi connectivity index (χ2n) is 5.30. The van der Waals surface area contributed by atoms with Crippen LogP contribution in [0.2, 0.25) is 0 Å². The molecule has 0 saturated heterocycles. The first-order valence-corrected chi connectivity index (χ1v) is 8.32. The van der Waals surface area contributed by atoms with E-state index in [0.717, 1.165) is 5.56 Å². The molecule has 6 heteroatoms. The number of fused-ring (bicyclic) bond motifs is 1. The summed E-state index contributed by atoms with van der Waals surface area (Å²) in [6, 6.07) is 13.2. The van der Waals surface area contributed by atoms with Crippen LogP contribution >= 0.6 is 11.3 Å². The number of hydrogen-bond donors (Lipinski definition) is 1. The molecule has 1 amide bonds. The molecule has 3 heterocycles. The van der Waals surface area contributed by atoms with Crippen LogP contribution in [0.4, 0.5) is 5.69 Å². The molecule has 4 rings (SSSR count). The van der Waals surface area contributed by atoms with E-state index in [1.165, 1.54) is 11.3 Å². The van der Waals surface area contributed by atoms with E-state index in [9.17, 15) is 4.79 Å². The van der Waals surface area contributed by atoms with Crippen molar-refractivity contribution in [3.8, 4) is 11.5 Å². The fourth-order valence-corrected chi connectivity index (χ4v) is 3.01. The molecule has 0 fully saturated rings. The van der Waals surface area contributed by atoms with Crippen molar-refractivity contribution in [2.24, 2.45) is 0 Å². The van der Waals surface area contributed by atoms with E-state index >= 15 is 0 Å². The highest BCUT2D eigenvalue weighted by Gasteiger charge is 2.14. The SMILES string of the molecule is Cc1nc2oc(-c3ccccc3)nc2cc1NC(=O)c1ccsc1. The molecule has 0 atom stereocenters. The van der Waals surface area contributed by atoms with E-state index < -0.39 is 0 Å². The molecular formula is C18H13N3O2S. The summed E-state index contributed by atoms with van der Waals surface area (Å²) in [6.07, 6.45) is 0. The molecule has 0 aliphatic carbocycles. The minimum atomic E-state index is -0.160. The Balaban J connectivity index is 1.70. The van der Waals surface area contributed by atoms with Gasteiger partial charge in [-0.2, -0.15) is 11.3 Å². The number of aromatic nitrogens is 2. The van der Waals surface area contributed by atoms with Crippen LogP contribution < -0.4 is 5.32 Å². The van der Waals surface area contributed by atoms with Gasteiger partial charge >= 0.3 is 0 Å². The number of nitrogens with one attached hydrogen (secondary N) is 1. The predicted octanol–water partition coefficient (Wildman–Crippen LogP) is 4.51. The topological polar surface area (TPSA) is 68.0 Å². The lowest BCUT2D eigenvalue weighted by Gasteiger charge is -2.06. The molecular weight excluding hydrogens is 322 g/mol. The zero-order valence-electron chi connectivity index (χ0n) is 12.8. The molecule has 1 aromatic carbocycles. The van der Waals surface area contributed by atoms with Crippen molar-refractivity contribution in [2.75, 3.05) is 5.32 Å². The number of benzene rings is 1. The Bertz CT molecular complexity index is 1010. The van der Waals surface area contributed by atoms with Crippen LogP contribution in [0.3, 0.4) is 0 Å². The molecule has 1 N–H and O–H groups in total. The van der Waals surface area contributed by atoms with Crippen LogP contribution in [0.1, 0.15) is 16.1 Å². The van der Waals surface area contributed by atoms with Gasteiger partial charge < -0.3 is 9.73 Å². The number of anilines is 1. The summed E-state index contributed by atoms with van der Waals surface area (Å²) in [6.45, 7) is 1.83. The average molecular weight is 335 g/mol. The zero-order chi connectivity index (χ0) is 16.5. The van der Waals surface area contributed by atoms with Gasteiger partial charge in [-0.25, -0.2) is 9.97 Å². The van der Waals surface area contributed by atoms with E-state index in [2.05, 4.69) is 15.3 Å². The third-order valence-corrected chi connectivity index (χ3v) is 4.31.